The van der Waals surface area contributed by atoms with Gasteiger partial charge in [0.15, 0.2) is 5.96 Å². The van der Waals surface area contributed by atoms with Crippen LogP contribution in [0.2, 0.25) is 0 Å². The molecular weight excluding hydrogens is 435 g/mol. The lowest BCUT2D eigenvalue weighted by molar-refractivity contribution is 0.183. The normalized spacial score (nSPS) is 22.8. The Hall–Kier alpha value is -0.820. The molecule has 146 valence electrons. The standard InChI is InChI=1S/C21H34N4.HI/c1-3-25-14-7-9-18(16-25)15-23-20(22-2)24-17-21(12-8-13-21)19-10-5-4-6-11-19;/h4-6,10-11,18H,3,7-9,12-17H2,1-2H3,(H2,22,23,24);1H. The van der Waals surface area contributed by atoms with Gasteiger partial charge in [0.05, 0.1) is 0 Å². The average Bonchev–Trinajstić information content (AvgIpc) is 2.64. The highest BCUT2D eigenvalue weighted by atomic mass is 127. The van der Waals surface area contributed by atoms with Crippen molar-refractivity contribution in [2.24, 2.45) is 10.9 Å². The van der Waals surface area contributed by atoms with Crippen molar-refractivity contribution in [2.45, 2.75) is 44.4 Å². The monoisotopic (exact) mass is 470 g/mol. The van der Waals surface area contributed by atoms with E-state index in [4.69, 9.17) is 0 Å². The average molecular weight is 470 g/mol. The Bertz CT molecular complexity index is 556. The van der Waals surface area contributed by atoms with E-state index in [-0.39, 0.29) is 24.0 Å². The molecule has 0 spiro atoms. The fraction of sp³-hybridized carbons (Fsp3) is 0.667. The van der Waals surface area contributed by atoms with Crippen molar-refractivity contribution in [3.8, 4) is 0 Å². The fourth-order valence-electron chi connectivity index (χ4n) is 4.28. The third-order valence-electron chi connectivity index (χ3n) is 6.12. The van der Waals surface area contributed by atoms with E-state index in [9.17, 15) is 0 Å². The maximum absolute atomic E-state index is 4.45. The minimum absolute atomic E-state index is 0. The SMILES string of the molecule is CCN1CCCC(CNC(=NC)NCC2(c3ccccc3)CCC2)C1.I. The topological polar surface area (TPSA) is 39.7 Å². The highest BCUT2D eigenvalue weighted by Gasteiger charge is 2.38. The zero-order valence-electron chi connectivity index (χ0n) is 16.3. The van der Waals surface area contributed by atoms with Crippen LogP contribution in [-0.2, 0) is 5.41 Å². The molecule has 1 heterocycles. The van der Waals surface area contributed by atoms with Crippen LogP contribution in [0.25, 0.3) is 0 Å². The molecule has 0 amide bonds. The van der Waals surface area contributed by atoms with Gasteiger partial charge < -0.3 is 15.5 Å². The molecule has 0 aromatic heterocycles. The summed E-state index contributed by atoms with van der Waals surface area (Å²) in [6, 6.07) is 11.0. The van der Waals surface area contributed by atoms with Crippen molar-refractivity contribution >= 4 is 29.9 Å². The van der Waals surface area contributed by atoms with Crippen LogP contribution in [-0.4, -0.2) is 50.6 Å². The summed E-state index contributed by atoms with van der Waals surface area (Å²) in [7, 11) is 1.88. The third-order valence-corrected chi connectivity index (χ3v) is 6.12. The second-order valence-corrected chi connectivity index (χ2v) is 7.71. The van der Waals surface area contributed by atoms with Gasteiger partial charge in [-0.05, 0) is 50.3 Å². The predicted octanol–water partition coefficient (Wildman–Crippen LogP) is 3.62. The van der Waals surface area contributed by atoms with Gasteiger partial charge in [0.1, 0.15) is 0 Å². The molecule has 2 aliphatic rings. The molecule has 0 bridgehead atoms. The predicted molar refractivity (Wildman–Crippen MR) is 122 cm³/mol. The van der Waals surface area contributed by atoms with E-state index in [1.54, 1.807) is 0 Å². The van der Waals surface area contributed by atoms with Gasteiger partial charge in [-0.1, -0.05) is 43.7 Å². The van der Waals surface area contributed by atoms with E-state index in [1.807, 2.05) is 7.05 Å². The second-order valence-electron chi connectivity index (χ2n) is 7.71. The van der Waals surface area contributed by atoms with Gasteiger partial charge in [-0.3, -0.25) is 4.99 Å². The number of nitrogens with one attached hydrogen (secondary N) is 2. The van der Waals surface area contributed by atoms with E-state index in [2.05, 4.69) is 57.8 Å². The number of benzene rings is 1. The second kappa shape index (κ2) is 10.5. The number of halogens is 1. The Morgan fingerprint density at radius 3 is 2.58 bits per heavy atom. The Balaban J connectivity index is 0.00000243. The molecule has 1 saturated carbocycles. The molecule has 26 heavy (non-hydrogen) atoms. The van der Waals surface area contributed by atoms with Gasteiger partial charge >= 0.3 is 0 Å². The molecule has 3 rings (SSSR count). The van der Waals surface area contributed by atoms with E-state index < -0.39 is 0 Å². The quantitative estimate of drug-likeness (QED) is 0.379. The molecular formula is C21H35IN4. The summed E-state index contributed by atoms with van der Waals surface area (Å²) in [4.78, 5) is 7.01. The van der Waals surface area contributed by atoms with Crippen LogP contribution in [0, 0.1) is 5.92 Å². The smallest absolute Gasteiger partial charge is 0.191 e. The summed E-state index contributed by atoms with van der Waals surface area (Å²) < 4.78 is 0. The van der Waals surface area contributed by atoms with Crippen molar-refractivity contribution in [1.29, 1.82) is 0 Å². The van der Waals surface area contributed by atoms with Crippen molar-refractivity contribution in [1.82, 2.24) is 15.5 Å². The molecule has 1 atom stereocenters. The summed E-state index contributed by atoms with van der Waals surface area (Å²) in [5.74, 6) is 1.69. The van der Waals surface area contributed by atoms with E-state index in [0.717, 1.165) is 25.0 Å². The molecule has 2 N–H and O–H groups in total. The Morgan fingerprint density at radius 1 is 1.19 bits per heavy atom. The highest BCUT2D eigenvalue weighted by Crippen LogP contribution is 2.43. The van der Waals surface area contributed by atoms with Gasteiger partial charge in [0.25, 0.3) is 0 Å². The Morgan fingerprint density at radius 2 is 1.96 bits per heavy atom. The number of nitrogens with zero attached hydrogens (tertiary/aromatic N) is 2. The van der Waals surface area contributed by atoms with Crippen LogP contribution < -0.4 is 10.6 Å². The first-order valence-electron chi connectivity index (χ1n) is 9.98. The number of guanidine groups is 1. The fourth-order valence-corrected chi connectivity index (χ4v) is 4.28. The van der Waals surface area contributed by atoms with Gasteiger partial charge in [-0.25, -0.2) is 0 Å². The van der Waals surface area contributed by atoms with Gasteiger partial charge in [-0.15, -0.1) is 24.0 Å². The largest absolute Gasteiger partial charge is 0.356 e. The molecule has 1 aliphatic carbocycles. The molecule has 2 fully saturated rings. The molecule has 4 nitrogen and oxygen atoms in total. The first-order valence-corrected chi connectivity index (χ1v) is 9.98. The molecule has 5 heteroatoms. The molecule has 1 saturated heterocycles. The molecule has 1 unspecified atom stereocenters. The first-order chi connectivity index (χ1) is 12.3. The minimum Gasteiger partial charge on any atom is -0.356 e. The summed E-state index contributed by atoms with van der Waals surface area (Å²) in [6.07, 6.45) is 6.53. The van der Waals surface area contributed by atoms with E-state index in [0.29, 0.717) is 5.41 Å². The summed E-state index contributed by atoms with van der Waals surface area (Å²) in [5.41, 5.74) is 1.76. The molecule has 1 aromatic carbocycles. The van der Waals surface area contributed by atoms with Crippen LogP contribution in [0.15, 0.2) is 35.3 Å². The van der Waals surface area contributed by atoms with Crippen molar-refractivity contribution in [3.05, 3.63) is 35.9 Å². The van der Waals surface area contributed by atoms with E-state index >= 15 is 0 Å². The van der Waals surface area contributed by atoms with Crippen molar-refractivity contribution in [2.75, 3.05) is 39.8 Å². The number of hydrogen-bond acceptors (Lipinski definition) is 2. The minimum atomic E-state index is 0. The number of piperidine rings is 1. The van der Waals surface area contributed by atoms with E-state index in [1.165, 1.54) is 57.3 Å². The lowest BCUT2D eigenvalue weighted by atomic mass is 9.64. The maximum atomic E-state index is 4.45. The summed E-state index contributed by atoms with van der Waals surface area (Å²) >= 11 is 0. The van der Waals surface area contributed by atoms with Gasteiger partial charge in [0.2, 0.25) is 0 Å². The van der Waals surface area contributed by atoms with Crippen LogP contribution in [0.3, 0.4) is 0 Å². The van der Waals surface area contributed by atoms with Crippen LogP contribution in [0.5, 0.6) is 0 Å². The van der Waals surface area contributed by atoms with Crippen LogP contribution in [0.4, 0.5) is 0 Å². The number of likely N-dealkylation sites (tertiary alicyclic amines) is 1. The van der Waals surface area contributed by atoms with Crippen LogP contribution >= 0.6 is 24.0 Å². The first kappa shape index (κ1) is 21.5. The number of rotatable bonds is 6. The molecule has 0 radical (unpaired) electrons. The maximum Gasteiger partial charge on any atom is 0.191 e. The van der Waals surface area contributed by atoms with Crippen molar-refractivity contribution < 1.29 is 0 Å². The number of aliphatic imine (C=N–C) groups is 1. The Labute approximate surface area is 176 Å². The number of hydrogen-bond donors (Lipinski definition) is 2. The summed E-state index contributed by atoms with van der Waals surface area (Å²) in [6.45, 7) is 7.91. The van der Waals surface area contributed by atoms with Crippen LogP contribution in [0.1, 0.15) is 44.6 Å². The zero-order valence-corrected chi connectivity index (χ0v) is 18.7. The Kier molecular flexibility index (Phi) is 8.67. The lowest BCUT2D eigenvalue weighted by Crippen LogP contribution is -2.50. The molecule has 1 aliphatic heterocycles. The third kappa shape index (κ3) is 5.35. The van der Waals surface area contributed by atoms with Gasteiger partial charge in [0, 0.05) is 32.1 Å². The highest BCUT2D eigenvalue weighted by molar-refractivity contribution is 14.0. The van der Waals surface area contributed by atoms with Gasteiger partial charge in [-0.2, -0.15) is 0 Å². The zero-order chi connectivity index (χ0) is 17.5. The lowest BCUT2D eigenvalue weighted by Gasteiger charge is -2.43. The molecule has 1 aromatic rings. The van der Waals surface area contributed by atoms with Crippen molar-refractivity contribution in [3.63, 3.8) is 0 Å². The summed E-state index contributed by atoms with van der Waals surface area (Å²) in [5, 5.41) is 7.17.